The molecule has 6 nitrogen and oxygen atoms in total. The number of methoxy groups -OCH3 is 2. The molecular weight excluding hydrogens is 420 g/mol. The molecule has 1 fully saturated rings. The van der Waals surface area contributed by atoms with Crippen molar-refractivity contribution in [1.82, 2.24) is 20.1 Å². The molecule has 1 N–H and O–H groups in total. The fourth-order valence-corrected chi connectivity index (χ4v) is 5.66. The number of piperidine rings is 1. The van der Waals surface area contributed by atoms with Gasteiger partial charge < -0.3 is 14.4 Å². The fourth-order valence-electron chi connectivity index (χ4n) is 4.57. The summed E-state index contributed by atoms with van der Waals surface area (Å²) in [7, 11) is 3.31. The highest BCUT2D eigenvalue weighted by atomic mass is 32.1. The van der Waals surface area contributed by atoms with Crippen LogP contribution >= 0.6 is 11.3 Å². The van der Waals surface area contributed by atoms with Crippen molar-refractivity contribution < 1.29 is 9.47 Å². The van der Waals surface area contributed by atoms with Crippen LogP contribution in [0.1, 0.15) is 62.8 Å². The molecule has 0 radical (unpaired) electrons. The van der Waals surface area contributed by atoms with E-state index in [0.29, 0.717) is 23.6 Å². The molecule has 0 amide bonds. The normalized spacial score (nSPS) is 15.6. The number of likely N-dealkylation sites (tertiary alicyclic amines) is 1. The second kappa shape index (κ2) is 9.63. The van der Waals surface area contributed by atoms with Gasteiger partial charge in [0.15, 0.2) is 11.5 Å². The zero-order valence-corrected chi connectivity index (χ0v) is 20.8. The van der Waals surface area contributed by atoms with Crippen LogP contribution in [0.25, 0.3) is 22.0 Å². The van der Waals surface area contributed by atoms with Crippen molar-refractivity contribution in [3.05, 3.63) is 34.8 Å². The molecular formula is C25H34N4O2S. The van der Waals surface area contributed by atoms with E-state index in [1.54, 1.807) is 25.6 Å². The summed E-state index contributed by atoms with van der Waals surface area (Å²) in [5.41, 5.74) is 4.19. The predicted molar refractivity (Wildman–Crippen MR) is 131 cm³/mol. The van der Waals surface area contributed by atoms with Crippen LogP contribution in [0.15, 0.2) is 24.4 Å². The predicted octanol–water partition coefficient (Wildman–Crippen LogP) is 5.93. The van der Waals surface area contributed by atoms with Crippen LogP contribution in [0.3, 0.4) is 0 Å². The highest BCUT2D eigenvalue weighted by Gasteiger charge is 2.26. The number of nitrogens with zero attached hydrogens (tertiary/aromatic N) is 3. The molecule has 3 heterocycles. The number of rotatable bonds is 7. The molecule has 1 aliphatic rings. The number of hydrogen-bond acceptors (Lipinski definition) is 6. The molecule has 4 rings (SSSR count). The molecule has 32 heavy (non-hydrogen) atoms. The second-order valence-corrected chi connectivity index (χ2v) is 10.1. The van der Waals surface area contributed by atoms with Crippen LogP contribution in [0, 0.1) is 0 Å². The highest BCUT2D eigenvalue weighted by Crippen LogP contribution is 2.41. The van der Waals surface area contributed by atoms with Crippen LogP contribution < -0.4 is 9.47 Å². The molecule has 0 bridgehead atoms. The first-order valence-electron chi connectivity index (χ1n) is 11.4. The molecule has 0 atom stereocenters. The van der Waals surface area contributed by atoms with Gasteiger partial charge in [-0.25, -0.2) is 4.98 Å². The summed E-state index contributed by atoms with van der Waals surface area (Å²) in [6, 6.07) is 6.60. The van der Waals surface area contributed by atoms with Crippen molar-refractivity contribution in [2.75, 3.05) is 27.3 Å². The standard InChI is InChI=1S/C25H34N4O2S/c1-15(2)22-23(18-7-8-19(30-5)20(13-18)31-6)27-28-24(22)25-26-14-21(32-25)17-9-11-29(12-10-17)16(3)4/h7-8,13-17H,9-12H2,1-6H3,(H,27,28). The second-order valence-electron chi connectivity index (χ2n) is 9.06. The lowest BCUT2D eigenvalue weighted by Crippen LogP contribution is -2.37. The SMILES string of the molecule is COc1ccc(-c2[nH]nc(-c3ncc(C4CCN(C(C)C)CC4)s3)c2C(C)C)cc1OC. The van der Waals surface area contributed by atoms with Gasteiger partial charge in [-0.2, -0.15) is 5.10 Å². The molecule has 0 unspecified atom stereocenters. The Balaban J connectivity index is 1.63. The minimum Gasteiger partial charge on any atom is -0.493 e. The third-order valence-electron chi connectivity index (χ3n) is 6.44. The van der Waals surface area contributed by atoms with E-state index < -0.39 is 0 Å². The highest BCUT2D eigenvalue weighted by molar-refractivity contribution is 7.15. The van der Waals surface area contributed by atoms with Gasteiger partial charge in [-0.1, -0.05) is 13.8 Å². The molecule has 2 aromatic heterocycles. The Bertz CT molecular complexity index is 1050. The number of hydrogen-bond donors (Lipinski definition) is 1. The Hall–Kier alpha value is -2.38. The lowest BCUT2D eigenvalue weighted by atomic mass is 9.95. The van der Waals surface area contributed by atoms with E-state index in [2.05, 4.69) is 43.9 Å². The van der Waals surface area contributed by atoms with Crippen LogP contribution in [-0.4, -0.2) is 53.4 Å². The largest absolute Gasteiger partial charge is 0.493 e. The van der Waals surface area contributed by atoms with Crippen LogP contribution in [0.2, 0.25) is 0 Å². The maximum absolute atomic E-state index is 5.51. The quantitative estimate of drug-likeness (QED) is 0.479. The number of aromatic nitrogens is 3. The summed E-state index contributed by atoms with van der Waals surface area (Å²) in [4.78, 5) is 8.76. The lowest BCUT2D eigenvalue weighted by molar-refractivity contribution is 0.172. The van der Waals surface area contributed by atoms with E-state index in [0.717, 1.165) is 27.7 Å². The lowest BCUT2D eigenvalue weighted by Gasteiger charge is -2.34. The maximum Gasteiger partial charge on any atom is 0.161 e. The average molecular weight is 455 g/mol. The van der Waals surface area contributed by atoms with Crippen molar-refractivity contribution in [2.24, 2.45) is 0 Å². The molecule has 0 saturated carbocycles. The molecule has 0 spiro atoms. The van der Waals surface area contributed by atoms with Gasteiger partial charge >= 0.3 is 0 Å². The zero-order chi connectivity index (χ0) is 22.8. The van der Waals surface area contributed by atoms with Gasteiger partial charge in [-0.15, -0.1) is 11.3 Å². The minimum absolute atomic E-state index is 0.300. The number of aromatic amines is 1. The van der Waals surface area contributed by atoms with E-state index >= 15 is 0 Å². The summed E-state index contributed by atoms with van der Waals surface area (Å²) >= 11 is 1.80. The van der Waals surface area contributed by atoms with Gasteiger partial charge in [0.1, 0.15) is 10.7 Å². The molecule has 1 aromatic carbocycles. The smallest absolute Gasteiger partial charge is 0.161 e. The minimum atomic E-state index is 0.300. The topological polar surface area (TPSA) is 63.3 Å². The van der Waals surface area contributed by atoms with Crippen molar-refractivity contribution in [3.8, 4) is 33.5 Å². The van der Waals surface area contributed by atoms with Gasteiger partial charge in [0.2, 0.25) is 0 Å². The molecule has 1 saturated heterocycles. The zero-order valence-electron chi connectivity index (χ0n) is 19.9. The summed E-state index contributed by atoms with van der Waals surface area (Å²) in [6.45, 7) is 11.3. The summed E-state index contributed by atoms with van der Waals surface area (Å²) < 4.78 is 10.9. The molecule has 172 valence electrons. The van der Waals surface area contributed by atoms with Gasteiger partial charge in [0.25, 0.3) is 0 Å². The number of H-pyrrole nitrogens is 1. The molecule has 1 aliphatic heterocycles. The number of ether oxygens (including phenoxy) is 2. The van der Waals surface area contributed by atoms with Gasteiger partial charge in [-0.05, 0) is 69.8 Å². The third kappa shape index (κ3) is 4.41. The van der Waals surface area contributed by atoms with E-state index in [9.17, 15) is 0 Å². The Morgan fingerprint density at radius 3 is 2.41 bits per heavy atom. The Morgan fingerprint density at radius 1 is 1.06 bits per heavy atom. The summed E-state index contributed by atoms with van der Waals surface area (Å²) in [6.07, 6.45) is 4.48. The monoisotopic (exact) mass is 454 g/mol. The molecule has 7 heteroatoms. The van der Waals surface area contributed by atoms with E-state index in [1.165, 1.54) is 36.4 Å². The number of nitrogens with one attached hydrogen (secondary N) is 1. The van der Waals surface area contributed by atoms with E-state index in [4.69, 9.17) is 19.6 Å². The Morgan fingerprint density at radius 2 is 1.78 bits per heavy atom. The van der Waals surface area contributed by atoms with Crippen LogP contribution in [0.5, 0.6) is 11.5 Å². The molecule has 3 aromatic rings. The van der Waals surface area contributed by atoms with Crippen molar-refractivity contribution in [1.29, 1.82) is 0 Å². The summed E-state index contributed by atoms with van der Waals surface area (Å²) in [5, 5.41) is 9.00. The van der Waals surface area contributed by atoms with Crippen molar-refractivity contribution >= 4 is 11.3 Å². The number of benzene rings is 1. The first kappa shape index (κ1) is 22.8. The molecule has 0 aliphatic carbocycles. The van der Waals surface area contributed by atoms with Gasteiger partial charge in [0.05, 0.1) is 19.9 Å². The van der Waals surface area contributed by atoms with Gasteiger partial charge in [-0.3, -0.25) is 5.10 Å². The summed E-state index contributed by atoms with van der Waals surface area (Å²) in [5.74, 6) is 2.33. The van der Waals surface area contributed by atoms with Crippen molar-refractivity contribution in [3.63, 3.8) is 0 Å². The third-order valence-corrected chi connectivity index (χ3v) is 7.61. The Kier molecular flexibility index (Phi) is 6.86. The van der Waals surface area contributed by atoms with Crippen molar-refractivity contribution in [2.45, 2.75) is 58.4 Å². The van der Waals surface area contributed by atoms with Gasteiger partial charge in [0, 0.05) is 28.2 Å². The van der Waals surface area contributed by atoms with E-state index in [1.807, 2.05) is 18.2 Å². The number of thiazole rings is 1. The Labute approximate surface area is 195 Å². The first-order chi connectivity index (χ1) is 15.4. The van der Waals surface area contributed by atoms with Crippen LogP contribution in [0.4, 0.5) is 0 Å². The van der Waals surface area contributed by atoms with E-state index in [-0.39, 0.29) is 0 Å². The average Bonchev–Trinajstić information content (AvgIpc) is 3.46. The van der Waals surface area contributed by atoms with Crippen LogP contribution in [-0.2, 0) is 0 Å². The first-order valence-corrected chi connectivity index (χ1v) is 12.2. The fraction of sp³-hybridized carbons (Fsp3) is 0.520. The maximum atomic E-state index is 5.51.